The van der Waals surface area contributed by atoms with Gasteiger partial charge in [-0.1, -0.05) is 38.1 Å². The fourth-order valence-corrected chi connectivity index (χ4v) is 1.97. The quantitative estimate of drug-likeness (QED) is 0.620. The second-order valence-corrected chi connectivity index (χ2v) is 4.27. The molecule has 0 heterocycles. The number of hydrogen-bond donors (Lipinski definition) is 1. The van der Waals surface area contributed by atoms with E-state index in [-0.39, 0.29) is 11.5 Å². The van der Waals surface area contributed by atoms with E-state index in [9.17, 15) is 5.11 Å². The molecule has 0 saturated heterocycles. The highest BCUT2D eigenvalue weighted by Crippen LogP contribution is 2.44. The second kappa shape index (κ2) is 2.33. The lowest BCUT2D eigenvalue weighted by Crippen LogP contribution is -2.16. The zero-order chi connectivity index (χ0) is 8.77. The van der Waals surface area contributed by atoms with Gasteiger partial charge in [0.1, 0.15) is 0 Å². The van der Waals surface area contributed by atoms with E-state index >= 15 is 0 Å². The van der Waals surface area contributed by atoms with Crippen molar-refractivity contribution < 1.29 is 5.11 Å². The van der Waals surface area contributed by atoms with E-state index < -0.39 is 0 Å². The van der Waals surface area contributed by atoms with Crippen molar-refractivity contribution in [1.82, 2.24) is 0 Å². The summed E-state index contributed by atoms with van der Waals surface area (Å²) >= 11 is 0. The van der Waals surface area contributed by atoms with E-state index in [4.69, 9.17) is 0 Å². The zero-order valence-corrected chi connectivity index (χ0v) is 7.54. The van der Waals surface area contributed by atoms with Gasteiger partial charge >= 0.3 is 0 Å². The molecular weight excluding hydrogens is 148 g/mol. The summed E-state index contributed by atoms with van der Waals surface area (Å²) in [7, 11) is 0. The van der Waals surface area contributed by atoms with Crippen molar-refractivity contribution >= 4 is 0 Å². The molecule has 0 saturated carbocycles. The van der Waals surface area contributed by atoms with Gasteiger partial charge in [-0.3, -0.25) is 0 Å². The van der Waals surface area contributed by atoms with Crippen molar-refractivity contribution in [3.8, 4) is 0 Å². The molecule has 0 fully saturated rings. The van der Waals surface area contributed by atoms with Crippen LogP contribution in [0.4, 0.5) is 0 Å². The molecule has 0 amide bonds. The maximum absolute atomic E-state index is 9.91. The van der Waals surface area contributed by atoms with Gasteiger partial charge in [0.15, 0.2) is 0 Å². The normalized spacial score (nSPS) is 25.4. The minimum absolute atomic E-state index is 0.0175. The van der Waals surface area contributed by atoms with Gasteiger partial charge in [-0.05, 0) is 23.0 Å². The Morgan fingerprint density at radius 1 is 1.33 bits per heavy atom. The van der Waals surface area contributed by atoms with Crippen LogP contribution in [-0.2, 0) is 6.42 Å². The summed E-state index contributed by atoms with van der Waals surface area (Å²) in [6.07, 6.45) is 0.707. The van der Waals surface area contributed by atoms with Crippen LogP contribution in [-0.4, -0.2) is 5.11 Å². The summed E-state index contributed by atoms with van der Waals surface area (Å²) in [6, 6.07) is 8.15. The molecule has 1 aromatic rings. The number of aliphatic hydroxyl groups excluding tert-OH is 1. The minimum Gasteiger partial charge on any atom is -0.388 e. The number of hydrogen-bond acceptors (Lipinski definition) is 1. The Balaban J connectivity index is 2.49. The Morgan fingerprint density at radius 2 is 2.00 bits per heavy atom. The summed E-state index contributed by atoms with van der Waals surface area (Å²) in [6.45, 7) is 4.22. The highest BCUT2D eigenvalue weighted by Gasteiger charge is 2.36. The monoisotopic (exact) mass is 162 g/mol. The van der Waals surface area contributed by atoms with Gasteiger partial charge < -0.3 is 5.11 Å². The van der Waals surface area contributed by atoms with E-state index in [1.165, 1.54) is 5.56 Å². The number of fused-ring (bicyclic) bond motifs is 1. The zero-order valence-electron chi connectivity index (χ0n) is 7.54. The standard InChI is InChI=1S/C11H14O/c1-11(2)7-8-5-3-4-6-9(8)10(11)12/h3-6,10,12H,7H2,1-2H3. The molecule has 1 aromatic carbocycles. The van der Waals surface area contributed by atoms with Crippen molar-refractivity contribution in [2.45, 2.75) is 26.4 Å². The van der Waals surface area contributed by atoms with E-state index in [1.54, 1.807) is 0 Å². The Bertz CT molecular complexity index is 302. The lowest BCUT2D eigenvalue weighted by molar-refractivity contribution is 0.0666. The largest absolute Gasteiger partial charge is 0.388 e. The maximum atomic E-state index is 9.91. The molecule has 1 nitrogen and oxygen atoms in total. The topological polar surface area (TPSA) is 20.2 Å². The third kappa shape index (κ3) is 0.969. The van der Waals surface area contributed by atoms with Gasteiger partial charge in [-0.25, -0.2) is 0 Å². The Hall–Kier alpha value is -0.820. The van der Waals surface area contributed by atoms with Gasteiger partial charge in [-0.2, -0.15) is 0 Å². The van der Waals surface area contributed by atoms with Gasteiger partial charge in [0, 0.05) is 0 Å². The van der Waals surface area contributed by atoms with Crippen LogP contribution in [0.25, 0.3) is 0 Å². The first-order valence-electron chi connectivity index (χ1n) is 4.37. The first kappa shape index (κ1) is 7.81. The average Bonchev–Trinajstić information content (AvgIpc) is 2.24. The molecule has 2 rings (SSSR count). The SMILES string of the molecule is CC1(C)Cc2ccccc2C1O. The third-order valence-electron chi connectivity index (χ3n) is 2.74. The summed E-state index contributed by atoms with van der Waals surface area (Å²) in [5.74, 6) is 0. The predicted octanol–water partition coefficient (Wildman–Crippen LogP) is 2.30. The summed E-state index contributed by atoms with van der Waals surface area (Å²) in [5, 5.41) is 9.91. The molecule has 1 aliphatic rings. The van der Waals surface area contributed by atoms with Gasteiger partial charge in [0.05, 0.1) is 6.10 Å². The number of benzene rings is 1. The number of rotatable bonds is 0. The van der Waals surface area contributed by atoms with Gasteiger partial charge in [-0.15, -0.1) is 0 Å². The summed E-state index contributed by atoms with van der Waals surface area (Å²) < 4.78 is 0. The molecule has 0 bridgehead atoms. The van der Waals surface area contributed by atoms with Crippen LogP contribution in [0.1, 0.15) is 31.1 Å². The van der Waals surface area contributed by atoms with Crippen molar-refractivity contribution in [3.05, 3.63) is 35.4 Å². The van der Waals surface area contributed by atoms with Crippen molar-refractivity contribution in [2.24, 2.45) is 5.41 Å². The second-order valence-electron chi connectivity index (χ2n) is 4.27. The Morgan fingerprint density at radius 3 is 2.67 bits per heavy atom. The van der Waals surface area contributed by atoms with Gasteiger partial charge in [0.25, 0.3) is 0 Å². The van der Waals surface area contributed by atoms with Crippen LogP contribution < -0.4 is 0 Å². The van der Waals surface area contributed by atoms with Crippen molar-refractivity contribution in [1.29, 1.82) is 0 Å². The molecule has 1 N–H and O–H groups in total. The molecule has 64 valence electrons. The van der Waals surface area contributed by atoms with E-state index in [0.717, 1.165) is 12.0 Å². The maximum Gasteiger partial charge on any atom is 0.0846 e. The van der Waals surface area contributed by atoms with Crippen LogP contribution in [0.5, 0.6) is 0 Å². The predicted molar refractivity (Wildman–Crippen MR) is 48.9 cm³/mol. The average molecular weight is 162 g/mol. The molecule has 0 aliphatic heterocycles. The molecule has 1 heteroatoms. The highest BCUT2D eigenvalue weighted by molar-refractivity contribution is 5.35. The molecule has 0 aromatic heterocycles. The van der Waals surface area contributed by atoms with Crippen LogP contribution in [0.2, 0.25) is 0 Å². The minimum atomic E-state index is -0.284. The van der Waals surface area contributed by atoms with E-state index in [2.05, 4.69) is 19.9 Å². The summed E-state index contributed by atoms with van der Waals surface area (Å²) in [5.41, 5.74) is 2.43. The van der Waals surface area contributed by atoms with Crippen molar-refractivity contribution in [2.75, 3.05) is 0 Å². The summed E-state index contributed by atoms with van der Waals surface area (Å²) in [4.78, 5) is 0. The molecule has 12 heavy (non-hydrogen) atoms. The van der Waals surface area contributed by atoms with E-state index in [0.29, 0.717) is 0 Å². The van der Waals surface area contributed by atoms with Crippen LogP contribution in [0, 0.1) is 5.41 Å². The molecule has 0 spiro atoms. The first-order valence-corrected chi connectivity index (χ1v) is 4.37. The van der Waals surface area contributed by atoms with E-state index in [1.807, 2.05) is 18.2 Å². The Labute approximate surface area is 73.0 Å². The molecule has 1 atom stereocenters. The van der Waals surface area contributed by atoms with Crippen LogP contribution in [0.3, 0.4) is 0 Å². The molecule has 1 unspecified atom stereocenters. The third-order valence-corrected chi connectivity index (χ3v) is 2.74. The lowest BCUT2D eigenvalue weighted by atomic mass is 9.88. The van der Waals surface area contributed by atoms with Crippen LogP contribution >= 0.6 is 0 Å². The smallest absolute Gasteiger partial charge is 0.0846 e. The first-order chi connectivity index (χ1) is 5.61. The molecular formula is C11H14O. The fraction of sp³-hybridized carbons (Fsp3) is 0.455. The molecule has 1 aliphatic carbocycles. The fourth-order valence-electron chi connectivity index (χ4n) is 1.97. The molecule has 0 radical (unpaired) electrons. The van der Waals surface area contributed by atoms with Gasteiger partial charge in [0.2, 0.25) is 0 Å². The Kier molecular flexibility index (Phi) is 1.52. The highest BCUT2D eigenvalue weighted by atomic mass is 16.3. The lowest BCUT2D eigenvalue weighted by Gasteiger charge is -2.22. The van der Waals surface area contributed by atoms with Crippen LogP contribution in [0.15, 0.2) is 24.3 Å². The van der Waals surface area contributed by atoms with Crippen molar-refractivity contribution in [3.63, 3.8) is 0 Å². The number of aliphatic hydroxyl groups is 1.